The Kier molecular flexibility index (Phi) is 3.04. The molecule has 1 aliphatic rings. The molecule has 1 N–H and O–H groups in total. The SMILES string of the molecule is CC(C)(C)C1NCSC1C(C)(C)C. The largest absolute Gasteiger partial charge is 0.303 e. The van der Waals surface area contributed by atoms with Crippen molar-refractivity contribution < 1.29 is 0 Å². The van der Waals surface area contributed by atoms with Gasteiger partial charge in [0, 0.05) is 17.2 Å². The minimum Gasteiger partial charge on any atom is -0.303 e. The second-order valence-electron chi connectivity index (χ2n) is 6.15. The quantitative estimate of drug-likeness (QED) is 0.646. The highest BCUT2D eigenvalue weighted by Gasteiger charge is 2.42. The standard InChI is InChI=1S/C11H23NS/c1-10(2,3)8-9(11(4,5)6)13-7-12-8/h8-9,12H,7H2,1-6H3. The number of nitrogens with one attached hydrogen (secondary N) is 1. The zero-order valence-electron chi connectivity index (χ0n) is 9.77. The van der Waals surface area contributed by atoms with Gasteiger partial charge >= 0.3 is 0 Å². The fraction of sp³-hybridized carbons (Fsp3) is 1.00. The van der Waals surface area contributed by atoms with Gasteiger partial charge in [0.2, 0.25) is 0 Å². The van der Waals surface area contributed by atoms with Gasteiger partial charge < -0.3 is 5.32 Å². The van der Waals surface area contributed by atoms with Crippen molar-refractivity contribution in [2.24, 2.45) is 10.8 Å². The molecule has 0 aromatic heterocycles. The molecule has 0 aliphatic carbocycles. The predicted octanol–water partition coefficient (Wildman–Crippen LogP) is 3.11. The van der Waals surface area contributed by atoms with Crippen LogP contribution in [0.15, 0.2) is 0 Å². The smallest absolute Gasteiger partial charge is 0.0424 e. The summed E-state index contributed by atoms with van der Waals surface area (Å²) in [7, 11) is 0. The molecule has 0 aromatic rings. The molecule has 0 saturated carbocycles. The topological polar surface area (TPSA) is 12.0 Å². The summed E-state index contributed by atoms with van der Waals surface area (Å²) in [4.78, 5) is 0. The number of hydrogen-bond donors (Lipinski definition) is 1. The van der Waals surface area contributed by atoms with E-state index in [2.05, 4.69) is 58.6 Å². The summed E-state index contributed by atoms with van der Waals surface area (Å²) >= 11 is 2.07. The monoisotopic (exact) mass is 201 g/mol. The van der Waals surface area contributed by atoms with E-state index in [0.29, 0.717) is 16.9 Å². The van der Waals surface area contributed by atoms with Crippen LogP contribution in [0.3, 0.4) is 0 Å². The summed E-state index contributed by atoms with van der Waals surface area (Å²) in [5.41, 5.74) is 0.785. The van der Waals surface area contributed by atoms with Gasteiger partial charge in [0.15, 0.2) is 0 Å². The zero-order valence-corrected chi connectivity index (χ0v) is 10.6. The lowest BCUT2D eigenvalue weighted by Gasteiger charge is -2.38. The van der Waals surface area contributed by atoms with Crippen molar-refractivity contribution in [2.75, 3.05) is 5.88 Å². The molecular formula is C11H23NS. The van der Waals surface area contributed by atoms with Crippen molar-refractivity contribution in [2.45, 2.75) is 52.8 Å². The van der Waals surface area contributed by atoms with Crippen LogP contribution in [0, 0.1) is 10.8 Å². The summed E-state index contributed by atoms with van der Waals surface area (Å²) in [6.07, 6.45) is 0. The third-order valence-electron chi connectivity index (χ3n) is 2.66. The average molecular weight is 201 g/mol. The highest BCUT2D eigenvalue weighted by atomic mass is 32.2. The molecule has 1 rings (SSSR count). The minimum atomic E-state index is 0.376. The number of rotatable bonds is 0. The Labute approximate surface area is 87.1 Å². The second-order valence-corrected chi connectivity index (χ2v) is 7.28. The van der Waals surface area contributed by atoms with Gasteiger partial charge in [0.25, 0.3) is 0 Å². The van der Waals surface area contributed by atoms with E-state index in [1.807, 2.05) is 0 Å². The van der Waals surface area contributed by atoms with Gasteiger partial charge in [0.1, 0.15) is 0 Å². The van der Waals surface area contributed by atoms with Crippen molar-refractivity contribution in [1.29, 1.82) is 0 Å². The Hall–Kier alpha value is 0.310. The fourth-order valence-electron chi connectivity index (χ4n) is 1.94. The fourth-order valence-corrected chi connectivity index (χ4v) is 3.59. The molecule has 0 bridgehead atoms. The molecule has 0 amide bonds. The summed E-state index contributed by atoms with van der Waals surface area (Å²) in [5, 5.41) is 4.36. The number of thioether (sulfide) groups is 1. The average Bonchev–Trinajstić information content (AvgIpc) is 2.27. The van der Waals surface area contributed by atoms with Crippen molar-refractivity contribution in [3.63, 3.8) is 0 Å². The van der Waals surface area contributed by atoms with Crippen LogP contribution in [0.25, 0.3) is 0 Å². The van der Waals surface area contributed by atoms with Gasteiger partial charge in [-0.3, -0.25) is 0 Å². The highest BCUT2D eigenvalue weighted by Crippen LogP contribution is 2.42. The van der Waals surface area contributed by atoms with Crippen molar-refractivity contribution in [3.05, 3.63) is 0 Å². The van der Waals surface area contributed by atoms with E-state index in [0.717, 1.165) is 11.1 Å². The van der Waals surface area contributed by atoms with E-state index < -0.39 is 0 Å². The van der Waals surface area contributed by atoms with Crippen LogP contribution < -0.4 is 5.32 Å². The van der Waals surface area contributed by atoms with Crippen molar-refractivity contribution >= 4 is 11.8 Å². The number of hydrogen-bond acceptors (Lipinski definition) is 2. The lowest BCUT2D eigenvalue weighted by Crippen LogP contribution is -2.46. The van der Waals surface area contributed by atoms with E-state index in [1.165, 1.54) is 0 Å². The first-order valence-corrected chi connectivity index (χ1v) is 6.13. The Morgan fingerprint density at radius 2 is 1.54 bits per heavy atom. The van der Waals surface area contributed by atoms with Crippen molar-refractivity contribution in [1.82, 2.24) is 5.32 Å². The third-order valence-corrected chi connectivity index (χ3v) is 4.33. The van der Waals surface area contributed by atoms with Gasteiger partial charge in [-0.1, -0.05) is 41.5 Å². The van der Waals surface area contributed by atoms with E-state index in [-0.39, 0.29) is 0 Å². The van der Waals surface area contributed by atoms with E-state index in [1.54, 1.807) is 0 Å². The maximum atomic E-state index is 3.62. The maximum absolute atomic E-state index is 3.62. The summed E-state index contributed by atoms with van der Waals surface area (Å²) < 4.78 is 0. The van der Waals surface area contributed by atoms with Crippen LogP contribution in [-0.2, 0) is 0 Å². The maximum Gasteiger partial charge on any atom is 0.0424 e. The van der Waals surface area contributed by atoms with E-state index in [4.69, 9.17) is 0 Å². The van der Waals surface area contributed by atoms with Crippen LogP contribution in [0.1, 0.15) is 41.5 Å². The van der Waals surface area contributed by atoms with Gasteiger partial charge in [-0.05, 0) is 10.8 Å². The molecule has 1 nitrogen and oxygen atoms in total. The Morgan fingerprint density at radius 3 is 1.85 bits per heavy atom. The summed E-state index contributed by atoms with van der Waals surface area (Å²) in [5.74, 6) is 1.11. The Balaban J connectivity index is 2.76. The van der Waals surface area contributed by atoms with Crippen molar-refractivity contribution in [3.8, 4) is 0 Å². The molecule has 1 saturated heterocycles. The summed E-state index contributed by atoms with van der Waals surface area (Å²) in [6.45, 7) is 14.0. The van der Waals surface area contributed by atoms with Gasteiger partial charge in [-0.25, -0.2) is 0 Å². The molecule has 1 fully saturated rings. The molecule has 1 aliphatic heterocycles. The van der Waals surface area contributed by atoms with Gasteiger partial charge in [0.05, 0.1) is 0 Å². The second kappa shape index (κ2) is 3.47. The molecule has 78 valence electrons. The molecule has 2 unspecified atom stereocenters. The predicted molar refractivity (Wildman–Crippen MR) is 62.1 cm³/mol. The van der Waals surface area contributed by atoms with E-state index in [9.17, 15) is 0 Å². The molecule has 2 heteroatoms. The zero-order chi connectivity index (χ0) is 10.3. The third kappa shape index (κ3) is 2.63. The highest BCUT2D eigenvalue weighted by molar-refractivity contribution is 8.00. The minimum absolute atomic E-state index is 0.376. The van der Waals surface area contributed by atoms with Crippen LogP contribution >= 0.6 is 11.8 Å². The lowest BCUT2D eigenvalue weighted by atomic mass is 9.76. The first-order valence-electron chi connectivity index (χ1n) is 5.08. The van der Waals surface area contributed by atoms with Crippen LogP contribution in [0.4, 0.5) is 0 Å². The molecule has 0 spiro atoms. The molecule has 0 aromatic carbocycles. The molecule has 2 atom stereocenters. The molecular weight excluding hydrogens is 178 g/mol. The molecule has 0 radical (unpaired) electrons. The van der Waals surface area contributed by atoms with Gasteiger partial charge in [-0.15, -0.1) is 11.8 Å². The Bertz CT molecular complexity index is 156. The Morgan fingerprint density at radius 1 is 1.00 bits per heavy atom. The van der Waals surface area contributed by atoms with E-state index >= 15 is 0 Å². The van der Waals surface area contributed by atoms with Crippen LogP contribution in [0.5, 0.6) is 0 Å². The van der Waals surface area contributed by atoms with Crippen LogP contribution in [-0.4, -0.2) is 17.2 Å². The molecule has 13 heavy (non-hydrogen) atoms. The normalized spacial score (nSPS) is 30.9. The van der Waals surface area contributed by atoms with Crippen LogP contribution in [0.2, 0.25) is 0 Å². The first-order chi connectivity index (χ1) is 5.73. The molecule has 1 heterocycles. The van der Waals surface area contributed by atoms with Gasteiger partial charge in [-0.2, -0.15) is 0 Å². The summed E-state index contributed by atoms with van der Waals surface area (Å²) in [6, 6.07) is 0.650. The first kappa shape index (κ1) is 11.4. The lowest BCUT2D eigenvalue weighted by molar-refractivity contribution is 0.223.